The molecule has 0 atom stereocenters. The van der Waals surface area contributed by atoms with Crippen molar-refractivity contribution < 1.29 is 13.9 Å². The summed E-state index contributed by atoms with van der Waals surface area (Å²) in [5, 5.41) is 3.03. The molecule has 4 N–H and O–H groups in total. The summed E-state index contributed by atoms with van der Waals surface area (Å²) in [6.07, 6.45) is 2.41. The van der Waals surface area contributed by atoms with Crippen LogP contribution in [0.5, 0.6) is 5.88 Å². The average Bonchev–Trinajstić information content (AvgIpc) is 3.06. The number of carbonyl (C=O) groups excluding carboxylic acids is 1. The lowest BCUT2D eigenvalue weighted by atomic mass is 10.2. The molecule has 0 saturated carbocycles. The third-order valence-corrected chi connectivity index (χ3v) is 4.57. The number of H-pyrrole nitrogens is 1. The SMILES string of the molecule is CCOc1nc(NC(=O)C(C)(C)Sc2nc(N)nc3nc[nH]c23)ncc1F. The predicted octanol–water partition coefficient (Wildman–Crippen LogP) is 1.77. The minimum atomic E-state index is -0.984. The highest BCUT2D eigenvalue weighted by Crippen LogP contribution is 2.35. The number of halogens is 1. The molecule has 3 rings (SSSR count). The van der Waals surface area contributed by atoms with E-state index in [1.54, 1.807) is 20.8 Å². The Hall–Kier alpha value is -3.02. The van der Waals surface area contributed by atoms with Crippen molar-refractivity contribution in [3.8, 4) is 5.88 Å². The number of rotatable bonds is 6. The molecule has 0 aromatic carbocycles. The van der Waals surface area contributed by atoms with Crippen molar-refractivity contribution in [2.24, 2.45) is 0 Å². The van der Waals surface area contributed by atoms with E-state index in [9.17, 15) is 9.18 Å². The first-order valence-corrected chi connectivity index (χ1v) is 8.74. The number of imidazole rings is 1. The lowest BCUT2D eigenvalue weighted by Gasteiger charge is -2.22. The molecule has 0 fully saturated rings. The summed E-state index contributed by atoms with van der Waals surface area (Å²) in [7, 11) is 0. The summed E-state index contributed by atoms with van der Waals surface area (Å²) in [5.41, 5.74) is 6.68. The van der Waals surface area contributed by atoms with Gasteiger partial charge in [0.25, 0.3) is 5.88 Å². The van der Waals surface area contributed by atoms with Gasteiger partial charge in [0.2, 0.25) is 23.6 Å². The molecule has 3 aromatic heterocycles. The largest absolute Gasteiger partial charge is 0.476 e. The molecule has 3 heterocycles. The fourth-order valence-electron chi connectivity index (χ4n) is 2.09. The van der Waals surface area contributed by atoms with Gasteiger partial charge in [-0.3, -0.25) is 10.1 Å². The maximum Gasteiger partial charge on any atom is 0.255 e. The second-order valence-corrected chi connectivity index (χ2v) is 7.45. The number of nitrogen functional groups attached to an aromatic ring is 1. The van der Waals surface area contributed by atoms with Crippen molar-refractivity contribution in [2.75, 3.05) is 17.7 Å². The van der Waals surface area contributed by atoms with E-state index in [0.717, 1.165) is 18.0 Å². The van der Waals surface area contributed by atoms with Gasteiger partial charge in [-0.15, -0.1) is 0 Å². The third kappa shape index (κ3) is 4.05. The summed E-state index contributed by atoms with van der Waals surface area (Å²) in [5.74, 6) is -1.35. The van der Waals surface area contributed by atoms with Crippen LogP contribution in [0.4, 0.5) is 16.3 Å². The molecular formula is C15H17FN8O2S. The highest BCUT2D eigenvalue weighted by molar-refractivity contribution is 8.01. The monoisotopic (exact) mass is 392 g/mol. The van der Waals surface area contributed by atoms with Gasteiger partial charge in [-0.25, -0.2) is 15.0 Å². The van der Waals surface area contributed by atoms with Crippen molar-refractivity contribution in [3.63, 3.8) is 0 Å². The minimum Gasteiger partial charge on any atom is -0.476 e. The van der Waals surface area contributed by atoms with Crippen LogP contribution in [0.25, 0.3) is 11.2 Å². The van der Waals surface area contributed by atoms with Crippen LogP contribution in [0.1, 0.15) is 20.8 Å². The zero-order chi connectivity index (χ0) is 19.6. The summed E-state index contributed by atoms with van der Waals surface area (Å²) >= 11 is 1.16. The number of aromatic nitrogens is 6. The molecule has 10 nitrogen and oxygen atoms in total. The second-order valence-electron chi connectivity index (χ2n) is 5.83. The average molecular weight is 392 g/mol. The number of carbonyl (C=O) groups is 1. The molecular weight excluding hydrogens is 375 g/mol. The first-order valence-electron chi connectivity index (χ1n) is 7.92. The molecule has 27 heavy (non-hydrogen) atoms. The van der Waals surface area contributed by atoms with Crippen LogP contribution in [-0.4, -0.2) is 47.2 Å². The predicted molar refractivity (Wildman–Crippen MR) is 97.8 cm³/mol. The number of nitrogens with zero attached hydrogens (tertiary/aromatic N) is 5. The minimum absolute atomic E-state index is 0.0523. The van der Waals surface area contributed by atoms with E-state index in [-0.39, 0.29) is 24.4 Å². The number of nitrogens with two attached hydrogens (primary N) is 1. The Morgan fingerprint density at radius 1 is 1.37 bits per heavy atom. The van der Waals surface area contributed by atoms with E-state index in [4.69, 9.17) is 10.5 Å². The second kappa shape index (κ2) is 7.31. The number of fused-ring (bicyclic) bond motifs is 1. The number of nitrogens with one attached hydrogen (secondary N) is 2. The summed E-state index contributed by atoms with van der Waals surface area (Å²) in [4.78, 5) is 35.5. The van der Waals surface area contributed by atoms with E-state index in [2.05, 4.69) is 35.2 Å². The van der Waals surface area contributed by atoms with Crippen LogP contribution < -0.4 is 15.8 Å². The number of anilines is 2. The van der Waals surface area contributed by atoms with Crippen LogP contribution >= 0.6 is 11.8 Å². The number of thioether (sulfide) groups is 1. The van der Waals surface area contributed by atoms with E-state index >= 15 is 0 Å². The summed E-state index contributed by atoms with van der Waals surface area (Å²) in [6, 6.07) is 0. The van der Waals surface area contributed by atoms with Gasteiger partial charge >= 0.3 is 0 Å². The molecule has 142 valence electrons. The Kier molecular flexibility index (Phi) is 5.08. The summed E-state index contributed by atoms with van der Waals surface area (Å²) < 4.78 is 17.7. The van der Waals surface area contributed by atoms with Crippen molar-refractivity contribution >= 4 is 40.7 Å². The van der Waals surface area contributed by atoms with Gasteiger partial charge in [0.05, 0.1) is 23.9 Å². The van der Waals surface area contributed by atoms with Gasteiger partial charge in [-0.2, -0.15) is 14.4 Å². The Labute approximate surface area is 157 Å². The zero-order valence-corrected chi connectivity index (χ0v) is 15.6. The first-order chi connectivity index (χ1) is 12.8. The zero-order valence-electron chi connectivity index (χ0n) is 14.8. The van der Waals surface area contributed by atoms with Gasteiger partial charge in [0, 0.05) is 0 Å². The molecule has 0 aliphatic heterocycles. The summed E-state index contributed by atoms with van der Waals surface area (Å²) in [6.45, 7) is 5.32. The Morgan fingerprint density at radius 3 is 2.89 bits per heavy atom. The number of ether oxygens (including phenoxy) is 1. The number of amides is 1. The van der Waals surface area contributed by atoms with Crippen molar-refractivity contribution in [1.29, 1.82) is 0 Å². The number of aromatic amines is 1. The van der Waals surface area contributed by atoms with E-state index in [0.29, 0.717) is 16.2 Å². The van der Waals surface area contributed by atoms with Gasteiger partial charge in [0.15, 0.2) is 5.65 Å². The molecule has 1 amide bonds. The van der Waals surface area contributed by atoms with Crippen molar-refractivity contribution in [3.05, 3.63) is 18.3 Å². The van der Waals surface area contributed by atoms with Crippen LogP contribution in [0.15, 0.2) is 17.6 Å². The molecule has 0 aliphatic carbocycles. The maximum atomic E-state index is 13.6. The van der Waals surface area contributed by atoms with Gasteiger partial charge in [-0.05, 0) is 20.8 Å². The van der Waals surface area contributed by atoms with Gasteiger partial charge in [-0.1, -0.05) is 11.8 Å². The van der Waals surface area contributed by atoms with Crippen LogP contribution in [0.3, 0.4) is 0 Å². The lowest BCUT2D eigenvalue weighted by Crippen LogP contribution is -2.34. The first kappa shape index (κ1) is 18.8. The normalized spacial score (nSPS) is 11.6. The van der Waals surface area contributed by atoms with Crippen LogP contribution in [-0.2, 0) is 4.79 Å². The standard InChI is InChI=1S/C15H17FN8O2S/c1-4-26-10-7(16)5-18-14(22-10)24-12(25)15(2,3)27-11-8-9(20-6-19-8)21-13(17)23-11/h5-6H,4H2,1-3H3,(H,18,22,24,25)(H3,17,19,20,21,23). The fraction of sp³-hybridized carbons (Fsp3) is 0.333. The molecule has 12 heteroatoms. The molecule has 0 aliphatic rings. The molecule has 3 aromatic rings. The van der Waals surface area contributed by atoms with Crippen molar-refractivity contribution in [1.82, 2.24) is 29.9 Å². The molecule has 0 bridgehead atoms. The van der Waals surface area contributed by atoms with Gasteiger partial charge in [0.1, 0.15) is 10.5 Å². The third-order valence-electron chi connectivity index (χ3n) is 3.39. The van der Waals surface area contributed by atoms with E-state index in [1.165, 1.54) is 6.33 Å². The quantitative estimate of drug-likeness (QED) is 0.422. The highest BCUT2D eigenvalue weighted by atomic mass is 32.2. The maximum absolute atomic E-state index is 13.6. The Morgan fingerprint density at radius 2 is 2.15 bits per heavy atom. The topological polar surface area (TPSA) is 145 Å². The molecule has 0 spiro atoms. The Bertz CT molecular complexity index is 993. The van der Waals surface area contributed by atoms with Crippen molar-refractivity contribution in [2.45, 2.75) is 30.5 Å². The van der Waals surface area contributed by atoms with Crippen LogP contribution in [0, 0.1) is 5.82 Å². The van der Waals surface area contributed by atoms with E-state index < -0.39 is 16.5 Å². The smallest absolute Gasteiger partial charge is 0.255 e. The number of hydrogen-bond donors (Lipinski definition) is 3. The lowest BCUT2D eigenvalue weighted by molar-refractivity contribution is -0.117. The molecule has 0 saturated heterocycles. The van der Waals surface area contributed by atoms with Crippen LogP contribution in [0.2, 0.25) is 0 Å². The van der Waals surface area contributed by atoms with E-state index in [1.807, 2.05) is 0 Å². The number of hydrogen-bond acceptors (Lipinski definition) is 9. The molecule has 0 unspecified atom stereocenters. The molecule has 0 radical (unpaired) electrons. The van der Waals surface area contributed by atoms with Gasteiger partial charge < -0.3 is 15.5 Å². The highest BCUT2D eigenvalue weighted by Gasteiger charge is 2.32. The Balaban J connectivity index is 1.81. The fourth-order valence-corrected chi connectivity index (χ4v) is 3.10.